The van der Waals surface area contributed by atoms with E-state index in [9.17, 15) is 0 Å². The van der Waals surface area contributed by atoms with Crippen LogP contribution in [0.15, 0.2) is 18.2 Å². The van der Waals surface area contributed by atoms with Crippen molar-refractivity contribution in [2.45, 2.75) is 26.4 Å². The van der Waals surface area contributed by atoms with Gasteiger partial charge in [0.05, 0.1) is 12.3 Å². The number of fused-ring (bicyclic) bond motifs is 1. The monoisotopic (exact) mass is 264 g/mol. The van der Waals surface area contributed by atoms with Crippen LogP contribution >= 0.6 is 0 Å². The molecule has 1 N–H and O–H groups in total. The third-order valence-corrected chi connectivity index (χ3v) is 3.45. The van der Waals surface area contributed by atoms with Crippen LogP contribution in [-0.2, 0) is 11.3 Å². The van der Waals surface area contributed by atoms with Crippen molar-refractivity contribution >= 4 is 5.69 Å². The predicted molar refractivity (Wildman–Crippen MR) is 77.8 cm³/mol. The highest BCUT2D eigenvalue weighted by Crippen LogP contribution is 2.32. The molecule has 4 heteroatoms. The summed E-state index contributed by atoms with van der Waals surface area (Å²) in [4.78, 5) is 2.40. The van der Waals surface area contributed by atoms with Crippen molar-refractivity contribution in [3.8, 4) is 5.75 Å². The van der Waals surface area contributed by atoms with Crippen molar-refractivity contribution in [1.29, 1.82) is 0 Å². The molecule has 106 valence electrons. The van der Waals surface area contributed by atoms with Crippen molar-refractivity contribution in [2.24, 2.45) is 0 Å². The molecule has 1 aliphatic heterocycles. The Hall–Kier alpha value is -1.26. The van der Waals surface area contributed by atoms with E-state index in [0.29, 0.717) is 6.04 Å². The Morgan fingerprint density at radius 1 is 1.42 bits per heavy atom. The van der Waals surface area contributed by atoms with Gasteiger partial charge in [-0.3, -0.25) is 4.90 Å². The summed E-state index contributed by atoms with van der Waals surface area (Å²) in [6.45, 7) is 8.63. The van der Waals surface area contributed by atoms with Crippen LogP contribution in [0.2, 0.25) is 0 Å². The van der Waals surface area contributed by atoms with Gasteiger partial charge in [0, 0.05) is 38.3 Å². The van der Waals surface area contributed by atoms with E-state index in [1.807, 2.05) is 0 Å². The van der Waals surface area contributed by atoms with E-state index in [1.165, 1.54) is 5.56 Å². The van der Waals surface area contributed by atoms with Crippen LogP contribution in [-0.4, -0.2) is 44.4 Å². The van der Waals surface area contributed by atoms with E-state index in [4.69, 9.17) is 9.47 Å². The van der Waals surface area contributed by atoms with Gasteiger partial charge in [-0.15, -0.1) is 0 Å². The van der Waals surface area contributed by atoms with Crippen molar-refractivity contribution in [3.63, 3.8) is 0 Å². The molecule has 1 aliphatic rings. The third kappa shape index (κ3) is 3.61. The zero-order chi connectivity index (χ0) is 13.7. The average Bonchev–Trinajstić information content (AvgIpc) is 2.43. The first-order chi connectivity index (χ1) is 9.22. The summed E-state index contributed by atoms with van der Waals surface area (Å²) in [6, 6.07) is 6.80. The van der Waals surface area contributed by atoms with Gasteiger partial charge in [0.15, 0.2) is 0 Å². The highest BCUT2D eigenvalue weighted by atomic mass is 16.5. The van der Waals surface area contributed by atoms with Crippen LogP contribution in [0, 0.1) is 0 Å². The standard InChI is InChI=1S/C15H24N2O2/c1-12(2)17(8-10-18-3)11-13-5-4-6-14-15(13)19-9-7-16-14/h4-6,12,16H,7-11H2,1-3H3. The average molecular weight is 264 g/mol. The van der Waals surface area contributed by atoms with Gasteiger partial charge < -0.3 is 14.8 Å². The molecule has 0 aromatic heterocycles. The minimum atomic E-state index is 0.488. The quantitative estimate of drug-likeness (QED) is 0.855. The second kappa shape index (κ2) is 6.78. The molecule has 19 heavy (non-hydrogen) atoms. The van der Waals surface area contributed by atoms with Gasteiger partial charge in [-0.1, -0.05) is 12.1 Å². The van der Waals surface area contributed by atoms with Crippen molar-refractivity contribution in [1.82, 2.24) is 4.90 Å². The smallest absolute Gasteiger partial charge is 0.146 e. The maximum absolute atomic E-state index is 5.82. The number of para-hydroxylation sites is 1. The molecule has 1 aromatic carbocycles. The zero-order valence-electron chi connectivity index (χ0n) is 12.1. The number of rotatable bonds is 6. The van der Waals surface area contributed by atoms with Crippen LogP contribution in [0.4, 0.5) is 5.69 Å². The molecule has 0 saturated carbocycles. The lowest BCUT2D eigenvalue weighted by atomic mass is 10.1. The summed E-state index contributed by atoms with van der Waals surface area (Å²) in [5.74, 6) is 1.01. The third-order valence-electron chi connectivity index (χ3n) is 3.45. The van der Waals surface area contributed by atoms with Crippen LogP contribution in [0.5, 0.6) is 5.75 Å². The van der Waals surface area contributed by atoms with E-state index >= 15 is 0 Å². The van der Waals surface area contributed by atoms with Gasteiger partial charge in [-0.2, -0.15) is 0 Å². The van der Waals surface area contributed by atoms with E-state index in [-0.39, 0.29) is 0 Å². The Morgan fingerprint density at radius 3 is 3.00 bits per heavy atom. The summed E-state index contributed by atoms with van der Waals surface area (Å²) < 4.78 is 11.0. The van der Waals surface area contributed by atoms with Crippen LogP contribution < -0.4 is 10.1 Å². The van der Waals surface area contributed by atoms with Crippen molar-refractivity contribution in [3.05, 3.63) is 23.8 Å². The largest absolute Gasteiger partial charge is 0.489 e. The molecule has 0 amide bonds. The molecule has 4 nitrogen and oxygen atoms in total. The van der Waals surface area contributed by atoms with E-state index in [0.717, 1.165) is 44.3 Å². The fraction of sp³-hybridized carbons (Fsp3) is 0.600. The predicted octanol–water partition coefficient (Wildman–Crippen LogP) is 2.35. The Balaban J connectivity index is 2.12. The topological polar surface area (TPSA) is 33.7 Å². The SMILES string of the molecule is COCCN(Cc1cccc2c1OCCN2)C(C)C. The Morgan fingerprint density at radius 2 is 2.26 bits per heavy atom. The van der Waals surface area contributed by atoms with Gasteiger partial charge in [0.25, 0.3) is 0 Å². The van der Waals surface area contributed by atoms with E-state index in [2.05, 4.69) is 42.3 Å². The molecule has 0 unspecified atom stereocenters. The maximum atomic E-state index is 5.82. The lowest BCUT2D eigenvalue weighted by molar-refractivity contribution is 0.124. The maximum Gasteiger partial charge on any atom is 0.146 e. The highest BCUT2D eigenvalue weighted by Gasteiger charge is 2.17. The molecular weight excluding hydrogens is 240 g/mol. The molecule has 0 atom stereocenters. The van der Waals surface area contributed by atoms with Gasteiger partial charge in [-0.05, 0) is 19.9 Å². The zero-order valence-corrected chi connectivity index (χ0v) is 12.1. The first kappa shape index (κ1) is 14.2. The second-order valence-electron chi connectivity index (χ2n) is 5.13. The molecule has 2 rings (SSSR count). The summed E-state index contributed by atoms with van der Waals surface area (Å²) in [7, 11) is 1.75. The summed E-state index contributed by atoms with van der Waals surface area (Å²) in [5, 5.41) is 3.38. The van der Waals surface area contributed by atoms with Gasteiger partial charge in [0.2, 0.25) is 0 Å². The van der Waals surface area contributed by atoms with Crippen molar-refractivity contribution < 1.29 is 9.47 Å². The highest BCUT2D eigenvalue weighted by molar-refractivity contribution is 5.61. The summed E-state index contributed by atoms with van der Waals surface area (Å²) in [6.07, 6.45) is 0. The normalized spacial score (nSPS) is 14.2. The number of hydrogen-bond donors (Lipinski definition) is 1. The number of nitrogens with one attached hydrogen (secondary N) is 1. The number of hydrogen-bond acceptors (Lipinski definition) is 4. The van der Waals surface area contributed by atoms with E-state index < -0.39 is 0 Å². The van der Waals surface area contributed by atoms with Crippen LogP contribution in [0.1, 0.15) is 19.4 Å². The Labute approximate surface area is 115 Å². The second-order valence-corrected chi connectivity index (χ2v) is 5.13. The lowest BCUT2D eigenvalue weighted by Crippen LogP contribution is -2.33. The minimum Gasteiger partial charge on any atom is -0.489 e. The first-order valence-corrected chi connectivity index (χ1v) is 6.94. The number of methoxy groups -OCH3 is 1. The Bertz CT molecular complexity index is 407. The molecule has 0 bridgehead atoms. The van der Waals surface area contributed by atoms with Crippen LogP contribution in [0.3, 0.4) is 0 Å². The molecule has 1 aromatic rings. The van der Waals surface area contributed by atoms with E-state index in [1.54, 1.807) is 7.11 Å². The number of nitrogens with zero attached hydrogens (tertiary/aromatic N) is 1. The molecular formula is C15H24N2O2. The molecule has 0 spiro atoms. The number of benzene rings is 1. The molecule has 0 fully saturated rings. The van der Waals surface area contributed by atoms with Gasteiger partial charge in [0.1, 0.15) is 12.4 Å². The molecule has 1 heterocycles. The first-order valence-electron chi connectivity index (χ1n) is 6.94. The minimum absolute atomic E-state index is 0.488. The molecule has 0 aliphatic carbocycles. The summed E-state index contributed by atoms with van der Waals surface area (Å²) >= 11 is 0. The van der Waals surface area contributed by atoms with Crippen molar-refractivity contribution in [2.75, 3.05) is 38.7 Å². The fourth-order valence-electron chi connectivity index (χ4n) is 2.30. The van der Waals surface area contributed by atoms with Gasteiger partial charge >= 0.3 is 0 Å². The molecule has 0 saturated heterocycles. The lowest BCUT2D eigenvalue weighted by Gasteiger charge is -2.28. The van der Waals surface area contributed by atoms with Crippen LogP contribution in [0.25, 0.3) is 0 Å². The molecule has 0 radical (unpaired) electrons. The fourth-order valence-corrected chi connectivity index (χ4v) is 2.30. The van der Waals surface area contributed by atoms with Gasteiger partial charge in [-0.25, -0.2) is 0 Å². The Kier molecular flexibility index (Phi) is 5.05. The number of anilines is 1. The number of ether oxygens (including phenoxy) is 2. The summed E-state index contributed by atoms with van der Waals surface area (Å²) in [5.41, 5.74) is 2.36.